The Balaban J connectivity index is 1.57. The van der Waals surface area contributed by atoms with Crippen molar-refractivity contribution in [2.24, 2.45) is 0 Å². The quantitative estimate of drug-likeness (QED) is 0.834. The molecule has 1 fully saturated rings. The Kier molecular flexibility index (Phi) is 4.99. The van der Waals surface area contributed by atoms with E-state index in [0.717, 1.165) is 26.0 Å². The molecule has 1 aromatic carbocycles. The average Bonchev–Trinajstić information content (AvgIpc) is 2.94. The fourth-order valence-electron chi connectivity index (χ4n) is 3.58. The largest absolute Gasteiger partial charge is 0.378 e. The molecule has 1 aromatic rings. The monoisotopic (exact) mass is 317 g/mol. The summed E-state index contributed by atoms with van der Waals surface area (Å²) in [7, 11) is 4.21. The van der Waals surface area contributed by atoms with Crippen LogP contribution in [0.5, 0.6) is 0 Å². The molecule has 0 saturated carbocycles. The molecule has 2 aliphatic rings. The van der Waals surface area contributed by atoms with Crippen LogP contribution in [-0.2, 0) is 22.4 Å². The summed E-state index contributed by atoms with van der Waals surface area (Å²) in [6.07, 6.45) is 2.46. The lowest BCUT2D eigenvalue weighted by Gasteiger charge is -2.36. The second kappa shape index (κ2) is 6.99. The minimum atomic E-state index is -0.0180. The van der Waals surface area contributed by atoms with Crippen LogP contribution in [0.2, 0.25) is 0 Å². The number of ether oxygens (including phenoxy) is 1. The van der Waals surface area contributed by atoms with Gasteiger partial charge in [0.25, 0.3) is 0 Å². The number of hydrogen-bond acceptors (Lipinski definition) is 4. The number of amides is 1. The zero-order chi connectivity index (χ0) is 16.3. The Hall–Kier alpha value is -1.43. The fourth-order valence-corrected chi connectivity index (χ4v) is 3.58. The first-order valence-electron chi connectivity index (χ1n) is 8.41. The summed E-state index contributed by atoms with van der Waals surface area (Å²) in [6.45, 7) is 2.87. The number of carbonyl (C=O) groups excluding carboxylic acids is 1. The number of rotatable bonds is 5. The van der Waals surface area contributed by atoms with Gasteiger partial charge in [0.05, 0.1) is 13.2 Å². The molecular weight excluding hydrogens is 290 g/mol. The van der Waals surface area contributed by atoms with Gasteiger partial charge in [-0.1, -0.05) is 24.3 Å². The Labute approximate surface area is 138 Å². The maximum absolute atomic E-state index is 12.3. The first kappa shape index (κ1) is 16.4. The van der Waals surface area contributed by atoms with E-state index in [0.29, 0.717) is 19.6 Å². The van der Waals surface area contributed by atoms with E-state index in [2.05, 4.69) is 53.9 Å². The lowest BCUT2D eigenvalue weighted by Crippen LogP contribution is -2.54. The molecule has 23 heavy (non-hydrogen) atoms. The van der Waals surface area contributed by atoms with Gasteiger partial charge >= 0.3 is 0 Å². The van der Waals surface area contributed by atoms with Crippen LogP contribution in [0, 0.1) is 0 Å². The van der Waals surface area contributed by atoms with E-state index in [4.69, 9.17) is 4.74 Å². The molecule has 1 heterocycles. The Morgan fingerprint density at radius 3 is 2.61 bits per heavy atom. The van der Waals surface area contributed by atoms with Gasteiger partial charge in [0.1, 0.15) is 0 Å². The Morgan fingerprint density at radius 2 is 2.04 bits per heavy atom. The normalized spacial score (nSPS) is 22.8. The number of hydrogen-bond donors (Lipinski definition) is 2. The summed E-state index contributed by atoms with van der Waals surface area (Å²) in [5, 5.41) is 6.48. The van der Waals surface area contributed by atoms with Crippen LogP contribution < -0.4 is 10.6 Å². The van der Waals surface area contributed by atoms with Crippen LogP contribution in [0.3, 0.4) is 0 Å². The second-order valence-electron chi connectivity index (χ2n) is 6.95. The van der Waals surface area contributed by atoms with Crippen molar-refractivity contribution in [2.75, 3.05) is 40.4 Å². The van der Waals surface area contributed by atoms with Crippen molar-refractivity contribution in [3.8, 4) is 0 Å². The number of fused-ring (bicyclic) bond motifs is 1. The highest BCUT2D eigenvalue weighted by Gasteiger charge is 2.39. The van der Waals surface area contributed by atoms with Crippen LogP contribution >= 0.6 is 0 Å². The first-order chi connectivity index (χ1) is 11.1. The fraction of sp³-hybridized carbons (Fsp3) is 0.611. The van der Waals surface area contributed by atoms with Gasteiger partial charge < -0.3 is 20.3 Å². The molecule has 1 unspecified atom stereocenters. The molecule has 3 rings (SSSR count). The molecular formula is C18H27N3O2. The van der Waals surface area contributed by atoms with E-state index in [1.165, 1.54) is 11.1 Å². The lowest BCUT2D eigenvalue weighted by molar-refractivity contribution is -0.122. The van der Waals surface area contributed by atoms with Crippen LogP contribution in [0.25, 0.3) is 0 Å². The molecule has 1 atom stereocenters. The van der Waals surface area contributed by atoms with Gasteiger partial charge in [-0.15, -0.1) is 0 Å². The molecule has 5 nitrogen and oxygen atoms in total. The zero-order valence-corrected chi connectivity index (χ0v) is 14.1. The smallest absolute Gasteiger partial charge is 0.221 e. The number of morpholine rings is 1. The highest BCUT2D eigenvalue weighted by atomic mass is 16.5. The van der Waals surface area contributed by atoms with Crippen LogP contribution in [-0.4, -0.2) is 62.8 Å². The zero-order valence-electron chi connectivity index (χ0n) is 14.1. The van der Waals surface area contributed by atoms with Crippen molar-refractivity contribution in [1.29, 1.82) is 0 Å². The number of nitrogens with one attached hydrogen (secondary N) is 2. The van der Waals surface area contributed by atoms with Gasteiger partial charge in [0.15, 0.2) is 0 Å². The van der Waals surface area contributed by atoms with Crippen LogP contribution in [0.15, 0.2) is 24.3 Å². The molecule has 5 heteroatoms. The minimum Gasteiger partial charge on any atom is -0.378 e. The predicted molar refractivity (Wildman–Crippen MR) is 90.5 cm³/mol. The van der Waals surface area contributed by atoms with E-state index < -0.39 is 0 Å². The Bertz CT molecular complexity index is 528. The van der Waals surface area contributed by atoms with Crippen LogP contribution in [0.4, 0.5) is 0 Å². The van der Waals surface area contributed by atoms with E-state index in [1.807, 2.05) is 0 Å². The third-order valence-electron chi connectivity index (χ3n) is 5.15. The standard InChI is InChI=1S/C18H27N3O2/c1-21(2)18(10-14-5-3-4-6-15(14)11-18)13-20-17(22)9-16-12-23-8-7-19-16/h3-6,16,19H,7-13H2,1-2H3,(H,20,22). The van der Waals surface area contributed by atoms with Crippen LogP contribution in [0.1, 0.15) is 17.5 Å². The topological polar surface area (TPSA) is 53.6 Å². The molecule has 0 aromatic heterocycles. The summed E-state index contributed by atoms with van der Waals surface area (Å²) in [5.74, 6) is 0.102. The van der Waals surface area contributed by atoms with Crippen molar-refractivity contribution in [3.05, 3.63) is 35.4 Å². The highest BCUT2D eigenvalue weighted by molar-refractivity contribution is 5.76. The van der Waals surface area contributed by atoms with Gasteiger partial charge in [-0.05, 0) is 38.1 Å². The van der Waals surface area contributed by atoms with Gasteiger partial charge in [-0.25, -0.2) is 0 Å². The van der Waals surface area contributed by atoms with Gasteiger partial charge in [-0.3, -0.25) is 4.79 Å². The average molecular weight is 317 g/mol. The second-order valence-corrected chi connectivity index (χ2v) is 6.95. The van der Waals surface area contributed by atoms with Gasteiger partial charge in [0, 0.05) is 31.1 Å². The number of nitrogens with zero attached hydrogens (tertiary/aromatic N) is 1. The summed E-state index contributed by atoms with van der Waals surface area (Å²) < 4.78 is 5.41. The summed E-state index contributed by atoms with van der Waals surface area (Å²) in [6, 6.07) is 8.73. The van der Waals surface area contributed by atoms with Crippen molar-refractivity contribution in [3.63, 3.8) is 0 Å². The SMILES string of the molecule is CN(C)C1(CNC(=O)CC2COCCN2)Cc2ccccc2C1. The maximum Gasteiger partial charge on any atom is 0.221 e. The van der Waals surface area contributed by atoms with Crippen molar-refractivity contribution in [2.45, 2.75) is 30.8 Å². The summed E-state index contributed by atoms with van der Waals surface area (Å²) >= 11 is 0. The minimum absolute atomic E-state index is 0.0180. The predicted octanol–water partition coefficient (Wildman–Crippen LogP) is 0.580. The van der Waals surface area contributed by atoms with E-state index in [9.17, 15) is 4.79 Å². The van der Waals surface area contributed by atoms with E-state index in [-0.39, 0.29) is 17.5 Å². The van der Waals surface area contributed by atoms with Crippen molar-refractivity contribution < 1.29 is 9.53 Å². The number of benzene rings is 1. The molecule has 0 radical (unpaired) electrons. The van der Waals surface area contributed by atoms with Crippen molar-refractivity contribution >= 4 is 5.91 Å². The third-order valence-corrected chi connectivity index (χ3v) is 5.15. The summed E-state index contributed by atoms with van der Waals surface area (Å²) in [4.78, 5) is 14.5. The molecule has 0 bridgehead atoms. The molecule has 0 spiro atoms. The molecule has 1 aliphatic heterocycles. The lowest BCUT2D eigenvalue weighted by atomic mass is 9.94. The molecule has 1 saturated heterocycles. The number of carbonyl (C=O) groups is 1. The first-order valence-corrected chi connectivity index (χ1v) is 8.41. The summed E-state index contributed by atoms with van der Waals surface area (Å²) in [5.41, 5.74) is 2.78. The van der Waals surface area contributed by atoms with Gasteiger partial charge in [-0.2, -0.15) is 0 Å². The molecule has 126 valence electrons. The molecule has 1 amide bonds. The molecule has 1 aliphatic carbocycles. The maximum atomic E-state index is 12.3. The molecule has 2 N–H and O–H groups in total. The third kappa shape index (κ3) is 3.74. The van der Waals surface area contributed by atoms with Gasteiger partial charge in [0.2, 0.25) is 5.91 Å². The Morgan fingerprint density at radius 1 is 1.35 bits per heavy atom. The van der Waals surface area contributed by atoms with E-state index >= 15 is 0 Å². The van der Waals surface area contributed by atoms with Crippen molar-refractivity contribution in [1.82, 2.24) is 15.5 Å². The van der Waals surface area contributed by atoms with E-state index in [1.54, 1.807) is 0 Å². The highest BCUT2D eigenvalue weighted by Crippen LogP contribution is 2.33. The number of likely N-dealkylation sites (N-methyl/N-ethyl adjacent to an activating group) is 1.